The molecule has 1 N–H and O–H groups in total. The molecule has 1 aliphatic heterocycles. The number of carbonyl (C=O) groups is 1. The van der Waals surface area contributed by atoms with Crippen molar-refractivity contribution in [3.63, 3.8) is 0 Å². The third-order valence-electron chi connectivity index (χ3n) is 4.44. The number of nitrogens with zero attached hydrogens (tertiary/aromatic N) is 1. The summed E-state index contributed by atoms with van der Waals surface area (Å²) in [5.74, 6) is 0.168. The van der Waals surface area contributed by atoms with Gasteiger partial charge in [-0.3, -0.25) is 4.90 Å². The molecule has 1 aromatic rings. The van der Waals surface area contributed by atoms with E-state index in [-0.39, 0.29) is 11.3 Å². The van der Waals surface area contributed by atoms with E-state index in [1.54, 1.807) is 4.90 Å². The lowest BCUT2D eigenvalue weighted by Gasteiger charge is -2.50. The van der Waals surface area contributed by atoms with Crippen LogP contribution in [0.2, 0.25) is 5.02 Å². The van der Waals surface area contributed by atoms with Gasteiger partial charge in [0, 0.05) is 5.02 Å². The molecule has 1 aromatic carbocycles. The molecule has 0 saturated heterocycles. The number of benzene rings is 1. The number of carboxylic acid groups (broad SMARTS) is 1. The summed E-state index contributed by atoms with van der Waals surface area (Å²) in [5.41, 5.74) is 1.37. The van der Waals surface area contributed by atoms with Gasteiger partial charge in [-0.1, -0.05) is 52.3 Å². The molecule has 1 aliphatic rings. The summed E-state index contributed by atoms with van der Waals surface area (Å²) < 4.78 is 0. The van der Waals surface area contributed by atoms with Crippen LogP contribution in [0.15, 0.2) is 18.2 Å². The average molecular weight is 296 g/mol. The molecule has 0 radical (unpaired) electrons. The van der Waals surface area contributed by atoms with Gasteiger partial charge in [-0.15, -0.1) is 0 Å². The molecule has 1 unspecified atom stereocenters. The van der Waals surface area contributed by atoms with Crippen molar-refractivity contribution >= 4 is 17.7 Å². The molecule has 1 heterocycles. The molecule has 0 aromatic heterocycles. The van der Waals surface area contributed by atoms with Crippen LogP contribution in [0.25, 0.3) is 0 Å². The Morgan fingerprint density at radius 3 is 2.45 bits per heavy atom. The van der Waals surface area contributed by atoms with Crippen LogP contribution < -0.4 is 0 Å². The Balaban J connectivity index is 2.77. The van der Waals surface area contributed by atoms with Crippen LogP contribution in [0.5, 0.6) is 0 Å². The zero-order valence-corrected chi connectivity index (χ0v) is 13.5. The first-order valence-electron chi connectivity index (χ1n) is 6.92. The highest BCUT2D eigenvalue weighted by atomic mass is 35.5. The summed E-state index contributed by atoms with van der Waals surface area (Å²) in [6.07, 6.45) is -0.874. The lowest BCUT2D eigenvalue weighted by Crippen LogP contribution is -2.56. The highest BCUT2D eigenvalue weighted by Gasteiger charge is 2.56. The lowest BCUT2D eigenvalue weighted by molar-refractivity contribution is -0.0263. The summed E-state index contributed by atoms with van der Waals surface area (Å²) >= 11 is 6.07. The number of amides is 1. The zero-order chi connectivity index (χ0) is 15.3. The van der Waals surface area contributed by atoms with E-state index in [0.29, 0.717) is 11.6 Å². The summed E-state index contributed by atoms with van der Waals surface area (Å²) in [7, 11) is 0. The fraction of sp³-hybridized carbons (Fsp3) is 0.562. The summed E-state index contributed by atoms with van der Waals surface area (Å²) in [5, 5.41) is 10.4. The second-order valence-corrected chi connectivity index (χ2v) is 7.28. The van der Waals surface area contributed by atoms with Crippen molar-refractivity contribution in [1.82, 2.24) is 4.90 Å². The van der Waals surface area contributed by atoms with E-state index in [9.17, 15) is 9.90 Å². The largest absolute Gasteiger partial charge is 0.465 e. The Labute approximate surface area is 125 Å². The van der Waals surface area contributed by atoms with Crippen LogP contribution in [-0.2, 0) is 12.1 Å². The third-order valence-corrected chi connectivity index (χ3v) is 4.68. The van der Waals surface area contributed by atoms with Crippen molar-refractivity contribution in [3.8, 4) is 0 Å². The summed E-state index contributed by atoms with van der Waals surface area (Å²) in [6.45, 7) is 10.9. The van der Waals surface area contributed by atoms with Gasteiger partial charge in [0.25, 0.3) is 0 Å². The Morgan fingerprint density at radius 1 is 1.40 bits per heavy atom. The van der Waals surface area contributed by atoms with E-state index in [4.69, 9.17) is 11.6 Å². The van der Waals surface area contributed by atoms with Crippen molar-refractivity contribution in [2.24, 2.45) is 11.3 Å². The second kappa shape index (κ2) is 4.66. The predicted octanol–water partition coefficient (Wildman–Crippen LogP) is 4.73. The van der Waals surface area contributed by atoms with E-state index >= 15 is 0 Å². The van der Waals surface area contributed by atoms with Gasteiger partial charge in [-0.05, 0) is 34.6 Å². The van der Waals surface area contributed by atoms with Crippen molar-refractivity contribution in [1.29, 1.82) is 0 Å². The molecule has 0 saturated carbocycles. The monoisotopic (exact) mass is 295 g/mol. The van der Waals surface area contributed by atoms with Crippen LogP contribution in [0, 0.1) is 11.3 Å². The smallest absolute Gasteiger partial charge is 0.408 e. The van der Waals surface area contributed by atoms with Crippen LogP contribution >= 0.6 is 11.6 Å². The van der Waals surface area contributed by atoms with E-state index in [2.05, 4.69) is 34.6 Å². The minimum Gasteiger partial charge on any atom is -0.465 e. The molecule has 0 aliphatic carbocycles. The normalized spacial score (nSPS) is 22.2. The standard InChI is InChI=1S/C16H22ClNO2/c1-10(2)16(15(3,4)5)13-7-6-12(17)8-11(13)9-18(16)14(19)20/h6-8,10H,9H2,1-5H3,(H,19,20). The lowest BCUT2D eigenvalue weighted by atomic mass is 9.63. The van der Waals surface area contributed by atoms with E-state index in [1.165, 1.54) is 0 Å². The van der Waals surface area contributed by atoms with Crippen LogP contribution in [0.4, 0.5) is 4.79 Å². The van der Waals surface area contributed by atoms with Crippen molar-refractivity contribution in [2.75, 3.05) is 0 Å². The van der Waals surface area contributed by atoms with E-state index in [1.807, 2.05) is 18.2 Å². The minimum atomic E-state index is -0.874. The van der Waals surface area contributed by atoms with Gasteiger partial charge in [0.2, 0.25) is 0 Å². The fourth-order valence-corrected chi connectivity index (χ4v) is 4.22. The maximum Gasteiger partial charge on any atom is 0.408 e. The predicted molar refractivity (Wildman–Crippen MR) is 81.0 cm³/mol. The van der Waals surface area contributed by atoms with Gasteiger partial charge in [0.1, 0.15) is 0 Å². The van der Waals surface area contributed by atoms with Crippen molar-refractivity contribution in [2.45, 2.75) is 46.7 Å². The molecule has 0 spiro atoms. The molecule has 1 amide bonds. The Hall–Kier alpha value is -1.22. The number of fused-ring (bicyclic) bond motifs is 1. The van der Waals surface area contributed by atoms with Gasteiger partial charge < -0.3 is 5.11 Å². The fourth-order valence-electron chi connectivity index (χ4n) is 4.02. The Bertz CT molecular complexity index is 548. The van der Waals surface area contributed by atoms with Crippen molar-refractivity contribution in [3.05, 3.63) is 34.3 Å². The van der Waals surface area contributed by atoms with Gasteiger partial charge in [-0.2, -0.15) is 0 Å². The third kappa shape index (κ3) is 1.91. The van der Waals surface area contributed by atoms with Crippen LogP contribution in [0.3, 0.4) is 0 Å². The Kier molecular flexibility index (Phi) is 3.53. The SMILES string of the molecule is CC(C)C1(C(C)(C)C)c2ccc(Cl)cc2CN1C(=O)O. The van der Waals surface area contributed by atoms with Crippen LogP contribution in [-0.4, -0.2) is 16.1 Å². The highest BCUT2D eigenvalue weighted by molar-refractivity contribution is 6.30. The van der Waals surface area contributed by atoms with E-state index in [0.717, 1.165) is 11.1 Å². The van der Waals surface area contributed by atoms with Gasteiger partial charge in [0.05, 0.1) is 12.1 Å². The highest BCUT2D eigenvalue weighted by Crippen LogP contribution is 2.55. The number of halogens is 1. The number of rotatable bonds is 1. The quantitative estimate of drug-likeness (QED) is 0.813. The first kappa shape index (κ1) is 15.2. The van der Waals surface area contributed by atoms with Gasteiger partial charge in [0.15, 0.2) is 0 Å². The second-order valence-electron chi connectivity index (χ2n) is 6.84. The van der Waals surface area contributed by atoms with Gasteiger partial charge >= 0.3 is 6.09 Å². The molecule has 0 fully saturated rings. The molecule has 110 valence electrons. The topological polar surface area (TPSA) is 40.5 Å². The molecule has 1 atom stereocenters. The number of hydrogen-bond donors (Lipinski definition) is 1. The summed E-state index contributed by atoms with van der Waals surface area (Å²) in [6, 6.07) is 5.74. The first-order valence-corrected chi connectivity index (χ1v) is 7.29. The minimum absolute atomic E-state index is 0.168. The van der Waals surface area contributed by atoms with Crippen LogP contribution in [0.1, 0.15) is 45.7 Å². The molecule has 3 nitrogen and oxygen atoms in total. The average Bonchev–Trinajstić information content (AvgIpc) is 2.63. The summed E-state index contributed by atoms with van der Waals surface area (Å²) in [4.78, 5) is 13.4. The molecular weight excluding hydrogens is 274 g/mol. The molecule has 4 heteroatoms. The molecule has 0 bridgehead atoms. The molecular formula is C16H22ClNO2. The zero-order valence-electron chi connectivity index (χ0n) is 12.7. The van der Waals surface area contributed by atoms with Crippen molar-refractivity contribution < 1.29 is 9.90 Å². The maximum absolute atomic E-state index is 11.8. The maximum atomic E-state index is 11.8. The molecule has 2 rings (SSSR count). The van der Waals surface area contributed by atoms with E-state index < -0.39 is 11.6 Å². The van der Waals surface area contributed by atoms with Gasteiger partial charge in [-0.25, -0.2) is 4.79 Å². The number of hydrogen-bond acceptors (Lipinski definition) is 1. The first-order chi connectivity index (χ1) is 9.12. The molecule has 20 heavy (non-hydrogen) atoms. The Morgan fingerprint density at radius 2 is 2.00 bits per heavy atom.